The molecule has 0 bridgehead atoms. The van der Waals surface area contributed by atoms with Gasteiger partial charge in [-0.15, -0.1) is 10.2 Å². The number of aromatic nitrogens is 6. The van der Waals surface area contributed by atoms with Crippen LogP contribution in [0.2, 0.25) is 0 Å². The highest BCUT2D eigenvalue weighted by Gasteiger charge is 2.45. The van der Waals surface area contributed by atoms with Crippen molar-refractivity contribution in [3.8, 4) is 11.1 Å². The smallest absolute Gasteiger partial charge is 0.252 e. The van der Waals surface area contributed by atoms with E-state index in [1.54, 1.807) is 15.4 Å². The Morgan fingerprint density at radius 2 is 2.04 bits per heavy atom. The average molecular weight is 355 g/mol. The van der Waals surface area contributed by atoms with Crippen LogP contribution in [0.3, 0.4) is 0 Å². The number of alkyl halides is 2. The SMILES string of the molecule is Cn1nnc2ccc(-c3ccn4nc(NC5CC(F)(F)C5)ncc34)cc21. The minimum Gasteiger partial charge on any atom is -0.350 e. The molecule has 5 rings (SSSR count). The van der Waals surface area contributed by atoms with Gasteiger partial charge in [0.15, 0.2) is 0 Å². The van der Waals surface area contributed by atoms with Crippen molar-refractivity contribution in [2.24, 2.45) is 7.05 Å². The highest BCUT2D eigenvalue weighted by molar-refractivity contribution is 5.87. The molecule has 3 aromatic heterocycles. The summed E-state index contributed by atoms with van der Waals surface area (Å²) in [6.07, 6.45) is 3.18. The second-order valence-electron chi connectivity index (χ2n) is 6.66. The minimum atomic E-state index is -2.57. The molecule has 26 heavy (non-hydrogen) atoms. The molecule has 0 spiro atoms. The van der Waals surface area contributed by atoms with Crippen LogP contribution in [0.25, 0.3) is 27.7 Å². The second-order valence-corrected chi connectivity index (χ2v) is 6.66. The fraction of sp³-hybridized carbons (Fsp3) is 0.294. The summed E-state index contributed by atoms with van der Waals surface area (Å²) >= 11 is 0. The molecule has 0 radical (unpaired) electrons. The molecule has 132 valence electrons. The molecule has 0 saturated heterocycles. The van der Waals surface area contributed by atoms with Crippen molar-refractivity contribution in [3.05, 3.63) is 36.7 Å². The second kappa shape index (κ2) is 5.20. The normalized spacial score (nSPS) is 16.9. The minimum absolute atomic E-state index is 0.177. The number of fused-ring (bicyclic) bond motifs is 2. The van der Waals surface area contributed by atoms with E-state index in [0.717, 1.165) is 27.7 Å². The summed E-state index contributed by atoms with van der Waals surface area (Å²) in [5, 5.41) is 15.4. The van der Waals surface area contributed by atoms with Gasteiger partial charge in [-0.3, -0.25) is 0 Å². The number of benzene rings is 1. The van der Waals surface area contributed by atoms with E-state index in [4.69, 9.17) is 0 Å². The van der Waals surface area contributed by atoms with E-state index in [1.807, 2.05) is 37.5 Å². The van der Waals surface area contributed by atoms with Crippen molar-refractivity contribution in [1.82, 2.24) is 29.6 Å². The molecular formula is C17H15F2N7. The van der Waals surface area contributed by atoms with E-state index >= 15 is 0 Å². The third-order valence-electron chi connectivity index (χ3n) is 4.76. The maximum absolute atomic E-state index is 13.0. The lowest BCUT2D eigenvalue weighted by molar-refractivity contribution is -0.0794. The molecule has 9 heteroatoms. The summed E-state index contributed by atoms with van der Waals surface area (Å²) < 4.78 is 29.3. The zero-order valence-corrected chi connectivity index (χ0v) is 13.9. The van der Waals surface area contributed by atoms with Crippen molar-refractivity contribution in [3.63, 3.8) is 0 Å². The molecule has 0 unspecified atom stereocenters. The van der Waals surface area contributed by atoms with Gasteiger partial charge in [0.2, 0.25) is 5.95 Å². The lowest BCUT2D eigenvalue weighted by Crippen LogP contribution is -2.44. The zero-order chi connectivity index (χ0) is 17.9. The van der Waals surface area contributed by atoms with Crippen molar-refractivity contribution in [1.29, 1.82) is 0 Å². The number of nitrogens with one attached hydrogen (secondary N) is 1. The summed E-state index contributed by atoms with van der Waals surface area (Å²) in [5.41, 5.74) is 4.60. The zero-order valence-electron chi connectivity index (χ0n) is 13.9. The van der Waals surface area contributed by atoms with Crippen LogP contribution in [-0.4, -0.2) is 41.6 Å². The lowest BCUT2D eigenvalue weighted by atomic mass is 9.88. The van der Waals surface area contributed by atoms with Crippen LogP contribution in [0.5, 0.6) is 0 Å². The molecular weight excluding hydrogens is 340 g/mol. The van der Waals surface area contributed by atoms with E-state index in [9.17, 15) is 8.78 Å². The van der Waals surface area contributed by atoms with E-state index in [1.165, 1.54) is 0 Å². The molecule has 0 aliphatic heterocycles. The Labute approximate surface area is 146 Å². The fourth-order valence-electron chi connectivity index (χ4n) is 3.35. The Bertz CT molecular complexity index is 1120. The lowest BCUT2D eigenvalue weighted by Gasteiger charge is -2.35. The predicted molar refractivity (Wildman–Crippen MR) is 92.1 cm³/mol. The first-order chi connectivity index (χ1) is 12.5. The highest BCUT2D eigenvalue weighted by Crippen LogP contribution is 2.38. The number of hydrogen-bond acceptors (Lipinski definition) is 5. The largest absolute Gasteiger partial charge is 0.350 e. The monoisotopic (exact) mass is 355 g/mol. The van der Waals surface area contributed by atoms with Gasteiger partial charge in [-0.1, -0.05) is 11.3 Å². The number of nitrogens with zero attached hydrogens (tertiary/aromatic N) is 6. The van der Waals surface area contributed by atoms with Gasteiger partial charge in [0, 0.05) is 37.7 Å². The van der Waals surface area contributed by atoms with Crippen LogP contribution in [-0.2, 0) is 7.05 Å². The van der Waals surface area contributed by atoms with E-state index in [-0.39, 0.29) is 18.9 Å². The number of aryl methyl sites for hydroxylation is 1. The van der Waals surface area contributed by atoms with Crippen LogP contribution in [0, 0.1) is 0 Å². The molecule has 7 nitrogen and oxygen atoms in total. The molecule has 1 saturated carbocycles. The van der Waals surface area contributed by atoms with Crippen molar-refractivity contribution < 1.29 is 8.78 Å². The van der Waals surface area contributed by atoms with Gasteiger partial charge in [-0.2, -0.15) is 0 Å². The fourth-order valence-corrected chi connectivity index (χ4v) is 3.35. The molecule has 1 fully saturated rings. The first kappa shape index (κ1) is 15.2. The van der Waals surface area contributed by atoms with Crippen LogP contribution in [0.1, 0.15) is 12.8 Å². The van der Waals surface area contributed by atoms with Crippen LogP contribution < -0.4 is 5.32 Å². The first-order valence-corrected chi connectivity index (χ1v) is 8.27. The third kappa shape index (κ3) is 2.39. The number of hydrogen-bond donors (Lipinski definition) is 1. The van der Waals surface area contributed by atoms with Gasteiger partial charge in [0.1, 0.15) is 5.52 Å². The Morgan fingerprint density at radius 1 is 1.19 bits per heavy atom. The summed E-state index contributed by atoms with van der Waals surface area (Å²) in [6.45, 7) is 0. The van der Waals surface area contributed by atoms with Crippen LogP contribution >= 0.6 is 0 Å². The Kier molecular flexibility index (Phi) is 3.03. The molecule has 1 N–H and O–H groups in total. The number of halogens is 2. The maximum Gasteiger partial charge on any atom is 0.252 e. The van der Waals surface area contributed by atoms with E-state index in [0.29, 0.717) is 5.95 Å². The van der Waals surface area contributed by atoms with Crippen molar-refractivity contribution >= 4 is 22.5 Å². The molecule has 0 atom stereocenters. The third-order valence-corrected chi connectivity index (χ3v) is 4.76. The predicted octanol–water partition coefficient (Wildman–Crippen LogP) is 2.89. The molecule has 4 aromatic rings. The van der Waals surface area contributed by atoms with Gasteiger partial charge >= 0.3 is 0 Å². The van der Waals surface area contributed by atoms with Gasteiger partial charge < -0.3 is 5.32 Å². The summed E-state index contributed by atoms with van der Waals surface area (Å²) in [7, 11) is 1.85. The summed E-state index contributed by atoms with van der Waals surface area (Å²) in [5.74, 6) is -2.21. The molecule has 1 aromatic carbocycles. The van der Waals surface area contributed by atoms with Crippen molar-refractivity contribution in [2.75, 3.05) is 5.32 Å². The van der Waals surface area contributed by atoms with E-state index < -0.39 is 5.92 Å². The maximum atomic E-state index is 13.0. The Balaban J connectivity index is 1.48. The van der Waals surface area contributed by atoms with Gasteiger partial charge in [-0.25, -0.2) is 23.0 Å². The van der Waals surface area contributed by atoms with Crippen LogP contribution in [0.15, 0.2) is 36.7 Å². The highest BCUT2D eigenvalue weighted by atomic mass is 19.3. The van der Waals surface area contributed by atoms with Crippen LogP contribution in [0.4, 0.5) is 14.7 Å². The average Bonchev–Trinajstić information content (AvgIpc) is 3.16. The molecule has 3 heterocycles. The number of rotatable bonds is 3. The first-order valence-electron chi connectivity index (χ1n) is 8.27. The summed E-state index contributed by atoms with van der Waals surface area (Å²) in [6, 6.07) is 7.60. The van der Waals surface area contributed by atoms with E-state index in [2.05, 4.69) is 25.7 Å². The Hall–Kier alpha value is -3.10. The standard InChI is InChI=1S/C17H15F2N7/c1-25-14-6-10(2-3-13(14)22-24-25)12-4-5-26-15(12)9-20-16(23-26)21-11-7-17(18,19)8-11/h2-6,9,11H,7-8H2,1H3,(H,21,23). The van der Waals surface area contributed by atoms with Gasteiger partial charge in [-0.05, 0) is 23.8 Å². The molecule has 1 aliphatic rings. The molecule has 1 aliphatic carbocycles. The topological polar surface area (TPSA) is 72.9 Å². The number of anilines is 1. The van der Waals surface area contributed by atoms with Gasteiger partial charge in [0.05, 0.1) is 17.2 Å². The van der Waals surface area contributed by atoms with Crippen molar-refractivity contribution in [2.45, 2.75) is 24.8 Å². The Morgan fingerprint density at radius 3 is 2.85 bits per heavy atom. The van der Waals surface area contributed by atoms with Gasteiger partial charge in [0.25, 0.3) is 5.92 Å². The summed E-state index contributed by atoms with van der Waals surface area (Å²) in [4.78, 5) is 4.29. The quantitative estimate of drug-likeness (QED) is 0.612. The molecule has 0 amide bonds.